The van der Waals surface area contributed by atoms with Crippen LogP contribution in [-0.2, 0) is 19.8 Å². The van der Waals surface area contributed by atoms with Gasteiger partial charge in [0.05, 0.1) is 11.1 Å². The Morgan fingerprint density at radius 2 is 1.87 bits per heavy atom. The van der Waals surface area contributed by atoms with E-state index < -0.39 is 11.7 Å². The summed E-state index contributed by atoms with van der Waals surface area (Å²) >= 11 is 0. The summed E-state index contributed by atoms with van der Waals surface area (Å²) in [5, 5.41) is 8.67. The maximum Gasteiger partial charge on any atom is 0.416 e. The van der Waals surface area contributed by atoms with Crippen LogP contribution in [-0.4, -0.2) is 22.6 Å². The third-order valence-electron chi connectivity index (χ3n) is 5.19. The van der Waals surface area contributed by atoms with E-state index in [4.69, 9.17) is 0 Å². The minimum atomic E-state index is -4.37. The summed E-state index contributed by atoms with van der Waals surface area (Å²) in [4.78, 5) is 4.08. The van der Waals surface area contributed by atoms with Crippen molar-refractivity contribution >= 4 is 27.5 Å². The largest absolute Gasteiger partial charge is 0.416 e. The van der Waals surface area contributed by atoms with E-state index >= 15 is 0 Å². The molecular formula is C23H23F3N4. The quantitative estimate of drug-likeness (QED) is 0.403. The van der Waals surface area contributed by atoms with Gasteiger partial charge < -0.3 is 15.2 Å². The number of hydrogen-bond acceptors (Lipinski definition) is 3. The number of pyridine rings is 1. The molecule has 7 heteroatoms. The van der Waals surface area contributed by atoms with Gasteiger partial charge in [0.1, 0.15) is 0 Å². The maximum absolute atomic E-state index is 12.9. The lowest BCUT2D eigenvalue weighted by Gasteiger charge is -2.12. The highest BCUT2D eigenvalue weighted by molar-refractivity contribution is 5.91. The van der Waals surface area contributed by atoms with E-state index in [1.165, 1.54) is 28.7 Å². The van der Waals surface area contributed by atoms with Crippen LogP contribution in [0.25, 0.3) is 21.8 Å². The number of fused-ring (bicyclic) bond motifs is 2. The lowest BCUT2D eigenvalue weighted by Crippen LogP contribution is -2.17. The number of halogens is 3. The number of hydrogen-bond donors (Lipinski definition) is 2. The molecule has 0 saturated heterocycles. The van der Waals surface area contributed by atoms with Gasteiger partial charge in [-0.3, -0.25) is 4.98 Å². The highest BCUT2D eigenvalue weighted by atomic mass is 19.4. The van der Waals surface area contributed by atoms with Crippen molar-refractivity contribution < 1.29 is 13.2 Å². The fourth-order valence-corrected chi connectivity index (χ4v) is 3.59. The normalized spacial score (nSPS) is 12.0. The zero-order valence-electron chi connectivity index (χ0n) is 16.6. The summed E-state index contributed by atoms with van der Waals surface area (Å²) in [6, 6.07) is 14.0. The van der Waals surface area contributed by atoms with E-state index in [-0.39, 0.29) is 0 Å². The Morgan fingerprint density at radius 1 is 1.00 bits per heavy atom. The second kappa shape index (κ2) is 8.36. The van der Waals surface area contributed by atoms with E-state index in [0.717, 1.165) is 37.3 Å². The third kappa shape index (κ3) is 4.41. The van der Waals surface area contributed by atoms with Gasteiger partial charge in [-0.25, -0.2) is 0 Å². The van der Waals surface area contributed by atoms with Crippen LogP contribution in [0.1, 0.15) is 17.5 Å². The molecule has 156 valence electrons. The molecule has 0 atom stereocenters. The Morgan fingerprint density at radius 3 is 2.70 bits per heavy atom. The number of benzene rings is 2. The molecule has 2 aromatic heterocycles. The summed E-state index contributed by atoms with van der Waals surface area (Å²) in [6.07, 6.45) is 0.108. The maximum atomic E-state index is 12.9. The van der Waals surface area contributed by atoms with E-state index in [1.807, 2.05) is 7.05 Å². The molecule has 4 rings (SSSR count). The smallest absolute Gasteiger partial charge is 0.384 e. The van der Waals surface area contributed by atoms with Gasteiger partial charge in [0.15, 0.2) is 0 Å². The third-order valence-corrected chi connectivity index (χ3v) is 5.19. The van der Waals surface area contributed by atoms with Crippen LogP contribution >= 0.6 is 0 Å². The van der Waals surface area contributed by atoms with E-state index in [9.17, 15) is 13.2 Å². The number of nitrogens with one attached hydrogen (secondary N) is 2. The summed E-state index contributed by atoms with van der Waals surface area (Å²) in [7, 11) is 2.04. The van der Waals surface area contributed by atoms with E-state index in [1.54, 1.807) is 6.07 Å². The number of anilines is 1. The lowest BCUT2D eigenvalue weighted by molar-refractivity contribution is -0.137. The molecule has 30 heavy (non-hydrogen) atoms. The lowest BCUT2D eigenvalue weighted by atomic mass is 10.1. The average molecular weight is 412 g/mol. The molecule has 4 aromatic rings. The molecule has 0 spiro atoms. The first kappa shape index (κ1) is 20.2. The molecule has 0 saturated carbocycles. The molecule has 2 heterocycles. The second-order valence-corrected chi connectivity index (χ2v) is 7.37. The molecule has 2 aromatic carbocycles. The second-order valence-electron chi connectivity index (χ2n) is 7.37. The van der Waals surface area contributed by atoms with Crippen LogP contribution in [0.2, 0.25) is 0 Å². The highest BCUT2D eigenvalue weighted by Gasteiger charge is 2.30. The Hall–Kier alpha value is -3.06. The Labute approximate surface area is 172 Å². The summed E-state index contributed by atoms with van der Waals surface area (Å²) < 4.78 is 40.8. The SMILES string of the molecule is Cn1ccc2cc(CNCCCNc3ccnc4cc(C(F)(F)F)ccc34)ccc21. The number of aryl methyl sites for hydroxylation is 1. The van der Waals surface area contributed by atoms with Gasteiger partial charge in [-0.15, -0.1) is 0 Å². The molecule has 2 N–H and O–H groups in total. The molecule has 0 aliphatic heterocycles. The number of nitrogens with zero attached hydrogens (tertiary/aromatic N) is 2. The summed E-state index contributed by atoms with van der Waals surface area (Å²) in [5.41, 5.74) is 2.90. The van der Waals surface area contributed by atoms with Crippen molar-refractivity contribution in [1.29, 1.82) is 0 Å². The van der Waals surface area contributed by atoms with Crippen LogP contribution in [0.4, 0.5) is 18.9 Å². The molecule has 0 amide bonds. The molecule has 0 bridgehead atoms. The Kier molecular flexibility index (Phi) is 5.63. The zero-order valence-corrected chi connectivity index (χ0v) is 16.6. The number of rotatable bonds is 7. The molecule has 0 unspecified atom stereocenters. The molecule has 0 aliphatic carbocycles. The molecule has 0 fully saturated rings. The van der Waals surface area contributed by atoms with E-state index in [0.29, 0.717) is 17.4 Å². The van der Waals surface area contributed by atoms with Crippen LogP contribution < -0.4 is 10.6 Å². The van der Waals surface area contributed by atoms with Gasteiger partial charge in [0.25, 0.3) is 0 Å². The van der Waals surface area contributed by atoms with Crippen LogP contribution in [0.15, 0.2) is 60.9 Å². The van der Waals surface area contributed by atoms with E-state index in [2.05, 4.69) is 50.6 Å². The predicted octanol–water partition coefficient (Wildman–Crippen LogP) is 5.34. The van der Waals surface area contributed by atoms with Gasteiger partial charge >= 0.3 is 6.18 Å². The van der Waals surface area contributed by atoms with Crippen LogP contribution in [0.3, 0.4) is 0 Å². The Bertz CT molecular complexity index is 1160. The van der Waals surface area contributed by atoms with Crippen molar-refractivity contribution in [2.75, 3.05) is 18.4 Å². The molecule has 0 aliphatic rings. The van der Waals surface area contributed by atoms with Gasteiger partial charge in [-0.1, -0.05) is 12.1 Å². The van der Waals surface area contributed by atoms with Crippen LogP contribution in [0, 0.1) is 0 Å². The Balaban J connectivity index is 1.28. The number of alkyl halides is 3. The molecule has 4 nitrogen and oxygen atoms in total. The average Bonchev–Trinajstić information content (AvgIpc) is 3.09. The molecule has 0 radical (unpaired) electrons. The van der Waals surface area contributed by atoms with Crippen molar-refractivity contribution in [3.05, 3.63) is 72.1 Å². The van der Waals surface area contributed by atoms with Crippen molar-refractivity contribution in [3.63, 3.8) is 0 Å². The number of aromatic nitrogens is 2. The van der Waals surface area contributed by atoms with Crippen LogP contribution in [0.5, 0.6) is 0 Å². The predicted molar refractivity (Wildman–Crippen MR) is 114 cm³/mol. The topological polar surface area (TPSA) is 41.9 Å². The highest BCUT2D eigenvalue weighted by Crippen LogP contribution is 2.32. The first-order chi connectivity index (χ1) is 14.4. The van der Waals surface area contributed by atoms with Gasteiger partial charge in [0.2, 0.25) is 0 Å². The van der Waals surface area contributed by atoms with Crippen molar-refractivity contribution in [2.24, 2.45) is 7.05 Å². The summed E-state index contributed by atoms with van der Waals surface area (Å²) in [6.45, 7) is 2.34. The van der Waals surface area contributed by atoms with Crippen molar-refractivity contribution in [2.45, 2.75) is 19.1 Å². The van der Waals surface area contributed by atoms with Gasteiger partial charge in [0, 0.05) is 49.1 Å². The minimum Gasteiger partial charge on any atom is -0.384 e. The minimum absolute atomic E-state index is 0.337. The fourth-order valence-electron chi connectivity index (χ4n) is 3.59. The van der Waals surface area contributed by atoms with Gasteiger partial charge in [-0.2, -0.15) is 13.2 Å². The first-order valence-corrected chi connectivity index (χ1v) is 9.86. The fraction of sp³-hybridized carbons (Fsp3) is 0.261. The zero-order chi connectivity index (χ0) is 21.1. The molecular weight excluding hydrogens is 389 g/mol. The monoisotopic (exact) mass is 412 g/mol. The standard InChI is InChI=1S/C23H23F3N4/c1-30-12-8-17-13-16(3-6-22(17)30)15-27-9-2-10-28-20-7-11-29-21-14-18(23(24,25)26)4-5-19(20)21/h3-8,11-14,27H,2,9-10,15H2,1H3,(H,28,29). The van der Waals surface area contributed by atoms with Gasteiger partial charge in [-0.05, 0) is 60.3 Å². The van der Waals surface area contributed by atoms with Crippen molar-refractivity contribution in [3.8, 4) is 0 Å². The first-order valence-electron chi connectivity index (χ1n) is 9.86. The summed E-state index contributed by atoms with van der Waals surface area (Å²) in [5.74, 6) is 0. The van der Waals surface area contributed by atoms with Crippen molar-refractivity contribution in [1.82, 2.24) is 14.9 Å².